The smallest absolute Gasteiger partial charge is 0.263 e. The molecular formula is C49H31N3O. The van der Waals surface area contributed by atoms with Crippen LogP contribution in [0.5, 0.6) is 0 Å². The van der Waals surface area contributed by atoms with Crippen molar-refractivity contribution in [3.05, 3.63) is 198 Å². The normalized spacial score (nSPS) is 11.8. The molecule has 11 aromatic rings. The van der Waals surface area contributed by atoms with Crippen molar-refractivity contribution in [2.24, 2.45) is 0 Å². The number of fused-ring (bicyclic) bond motifs is 9. The van der Waals surface area contributed by atoms with Gasteiger partial charge in [-0.3, -0.25) is 9.36 Å². The maximum Gasteiger partial charge on any atom is 0.263 e. The van der Waals surface area contributed by atoms with E-state index in [1.165, 1.54) is 5.39 Å². The lowest BCUT2D eigenvalue weighted by Crippen LogP contribution is -2.19. The summed E-state index contributed by atoms with van der Waals surface area (Å²) in [7, 11) is 0. The van der Waals surface area contributed by atoms with E-state index < -0.39 is 0 Å². The molecule has 11 rings (SSSR count). The van der Waals surface area contributed by atoms with Crippen LogP contribution in [-0.4, -0.2) is 13.7 Å². The average Bonchev–Trinajstić information content (AvgIpc) is 3.72. The molecule has 3 heterocycles. The minimum Gasteiger partial charge on any atom is -0.309 e. The maximum absolute atomic E-state index is 15.1. The molecule has 0 unspecified atom stereocenters. The Kier molecular flexibility index (Phi) is 6.37. The summed E-state index contributed by atoms with van der Waals surface area (Å²) in [6, 6.07) is 65.7. The summed E-state index contributed by atoms with van der Waals surface area (Å²) in [5.41, 5.74) is 10.4. The highest BCUT2D eigenvalue weighted by Gasteiger charge is 2.22. The number of rotatable bonds is 4. The lowest BCUT2D eigenvalue weighted by atomic mass is 10.00. The molecule has 8 aromatic carbocycles. The van der Waals surface area contributed by atoms with Gasteiger partial charge < -0.3 is 9.13 Å². The van der Waals surface area contributed by atoms with Gasteiger partial charge in [-0.15, -0.1) is 0 Å². The topological polar surface area (TPSA) is 31.9 Å². The zero-order valence-corrected chi connectivity index (χ0v) is 28.6. The standard InChI is InChI=1S/C49H31N3O/c53-49-42-30-46-39(37-24-12-15-27-45(37)52(46)43-25-13-10-22-35(43)32-16-4-1-5-17-32)28-38(42)41-29-40-36-23-11-14-26-44(36)50(33-18-6-2-7-19-33)47(40)31-48(41)51(49)34-20-8-3-9-21-34/h1-31H. The first kappa shape index (κ1) is 29.5. The monoisotopic (exact) mass is 677 g/mol. The molecule has 0 bridgehead atoms. The predicted octanol–water partition coefficient (Wildman–Crippen LogP) is 12.0. The Morgan fingerprint density at radius 2 is 0.774 bits per heavy atom. The van der Waals surface area contributed by atoms with Crippen molar-refractivity contribution < 1.29 is 0 Å². The van der Waals surface area contributed by atoms with E-state index in [4.69, 9.17) is 0 Å². The van der Waals surface area contributed by atoms with Gasteiger partial charge in [-0.05, 0) is 77.7 Å². The van der Waals surface area contributed by atoms with Crippen molar-refractivity contribution in [1.29, 1.82) is 0 Å². The van der Waals surface area contributed by atoms with Crippen molar-refractivity contribution in [3.63, 3.8) is 0 Å². The van der Waals surface area contributed by atoms with E-state index in [2.05, 4.69) is 155 Å². The van der Waals surface area contributed by atoms with Crippen molar-refractivity contribution in [2.45, 2.75) is 0 Å². The molecule has 4 heteroatoms. The third-order valence-electron chi connectivity index (χ3n) is 10.8. The van der Waals surface area contributed by atoms with Crippen LogP contribution in [0.2, 0.25) is 0 Å². The fourth-order valence-electron chi connectivity index (χ4n) is 8.53. The molecule has 53 heavy (non-hydrogen) atoms. The molecular weight excluding hydrogens is 647 g/mol. The quantitative estimate of drug-likeness (QED) is 0.171. The Hall–Kier alpha value is -7.17. The van der Waals surface area contributed by atoms with Gasteiger partial charge in [0.1, 0.15) is 0 Å². The number of para-hydroxylation sites is 5. The van der Waals surface area contributed by atoms with Gasteiger partial charge in [-0.25, -0.2) is 0 Å². The highest BCUT2D eigenvalue weighted by Crippen LogP contribution is 2.41. The molecule has 0 radical (unpaired) electrons. The third-order valence-corrected chi connectivity index (χ3v) is 10.8. The Labute approximate surface area is 304 Å². The second-order valence-electron chi connectivity index (χ2n) is 13.7. The molecule has 0 amide bonds. The fraction of sp³-hybridized carbons (Fsp3) is 0. The molecule has 0 spiro atoms. The van der Waals surface area contributed by atoms with E-state index in [1.807, 2.05) is 47.0 Å². The summed E-state index contributed by atoms with van der Waals surface area (Å²) in [6.45, 7) is 0. The molecule has 0 aliphatic carbocycles. The molecule has 0 saturated heterocycles. The van der Waals surface area contributed by atoms with E-state index in [0.29, 0.717) is 5.39 Å². The van der Waals surface area contributed by atoms with Gasteiger partial charge in [0.2, 0.25) is 0 Å². The van der Waals surface area contributed by atoms with E-state index in [0.717, 1.165) is 82.7 Å². The maximum atomic E-state index is 15.1. The van der Waals surface area contributed by atoms with Gasteiger partial charge in [0.25, 0.3) is 5.56 Å². The van der Waals surface area contributed by atoms with E-state index in [-0.39, 0.29) is 5.56 Å². The van der Waals surface area contributed by atoms with Gasteiger partial charge in [-0.2, -0.15) is 0 Å². The Balaban J connectivity index is 1.32. The minimum atomic E-state index is -0.0459. The molecule has 0 aliphatic heterocycles. The number of benzene rings is 8. The highest BCUT2D eigenvalue weighted by molar-refractivity contribution is 6.21. The molecule has 3 aromatic heterocycles. The number of nitrogens with zero attached hydrogens (tertiary/aromatic N) is 3. The molecule has 0 atom stereocenters. The minimum absolute atomic E-state index is 0.0459. The number of hydrogen-bond acceptors (Lipinski definition) is 1. The summed E-state index contributed by atoms with van der Waals surface area (Å²) in [6.07, 6.45) is 0. The van der Waals surface area contributed by atoms with Crippen molar-refractivity contribution in [3.8, 4) is 28.2 Å². The second kappa shape index (κ2) is 11.4. The van der Waals surface area contributed by atoms with Crippen molar-refractivity contribution in [2.75, 3.05) is 0 Å². The lowest BCUT2D eigenvalue weighted by Gasteiger charge is -2.16. The first-order valence-corrected chi connectivity index (χ1v) is 18.0. The van der Waals surface area contributed by atoms with Crippen molar-refractivity contribution >= 4 is 65.3 Å². The van der Waals surface area contributed by atoms with Crippen LogP contribution in [0, 0.1) is 0 Å². The number of aromatic nitrogens is 3. The summed E-state index contributed by atoms with van der Waals surface area (Å²) in [5, 5.41) is 7.25. The SMILES string of the molecule is O=c1c2cc3c(cc2c2cc4c5ccccc5n(-c5ccccc5)c4cc2n1-c1ccccc1)c1ccccc1n3-c1ccccc1-c1ccccc1. The predicted molar refractivity (Wildman–Crippen MR) is 221 cm³/mol. The van der Waals surface area contributed by atoms with Crippen LogP contribution in [0.1, 0.15) is 0 Å². The zero-order chi connectivity index (χ0) is 35.0. The van der Waals surface area contributed by atoms with Gasteiger partial charge in [-0.1, -0.05) is 121 Å². The molecule has 248 valence electrons. The molecule has 4 nitrogen and oxygen atoms in total. The fourth-order valence-corrected chi connectivity index (χ4v) is 8.53. The third kappa shape index (κ3) is 4.33. The molecule has 0 aliphatic rings. The van der Waals surface area contributed by atoms with Crippen LogP contribution in [0.4, 0.5) is 0 Å². The van der Waals surface area contributed by atoms with Crippen LogP contribution in [0.3, 0.4) is 0 Å². The van der Waals surface area contributed by atoms with E-state index >= 15 is 4.79 Å². The second-order valence-corrected chi connectivity index (χ2v) is 13.7. The zero-order valence-electron chi connectivity index (χ0n) is 28.6. The van der Waals surface area contributed by atoms with Crippen LogP contribution in [-0.2, 0) is 0 Å². The highest BCUT2D eigenvalue weighted by atomic mass is 16.1. The van der Waals surface area contributed by atoms with Crippen LogP contribution in [0.25, 0.3) is 93.5 Å². The Morgan fingerprint density at radius 1 is 0.302 bits per heavy atom. The molecule has 0 fully saturated rings. The average molecular weight is 678 g/mol. The summed E-state index contributed by atoms with van der Waals surface area (Å²) in [5.74, 6) is 0. The summed E-state index contributed by atoms with van der Waals surface area (Å²) in [4.78, 5) is 15.1. The Morgan fingerprint density at radius 3 is 1.45 bits per heavy atom. The summed E-state index contributed by atoms with van der Waals surface area (Å²) >= 11 is 0. The van der Waals surface area contributed by atoms with Gasteiger partial charge in [0.05, 0.1) is 38.7 Å². The number of hydrogen-bond donors (Lipinski definition) is 0. The number of pyridine rings is 1. The van der Waals surface area contributed by atoms with E-state index in [9.17, 15) is 0 Å². The largest absolute Gasteiger partial charge is 0.309 e. The van der Waals surface area contributed by atoms with Crippen LogP contribution >= 0.6 is 0 Å². The van der Waals surface area contributed by atoms with Crippen LogP contribution < -0.4 is 5.56 Å². The van der Waals surface area contributed by atoms with Gasteiger partial charge in [0.15, 0.2) is 0 Å². The lowest BCUT2D eigenvalue weighted by molar-refractivity contribution is 1.06. The van der Waals surface area contributed by atoms with E-state index in [1.54, 1.807) is 0 Å². The van der Waals surface area contributed by atoms with Crippen molar-refractivity contribution in [1.82, 2.24) is 13.7 Å². The summed E-state index contributed by atoms with van der Waals surface area (Å²) < 4.78 is 6.55. The Bertz CT molecular complexity index is 3280. The van der Waals surface area contributed by atoms with Crippen LogP contribution in [0.15, 0.2) is 193 Å². The first-order valence-electron chi connectivity index (χ1n) is 18.0. The molecule has 0 N–H and O–H groups in total. The first-order chi connectivity index (χ1) is 26.2. The van der Waals surface area contributed by atoms with Gasteiger partial charge >= 0.3 is 0 Å². The molecule has 0 saturated carbocycles. The van der Waals surface area contributed by atoms with Gasteiger partial charge in [0, 0.05) is 43.9 Å².